The molecule has 0 N–H and O–H groups in total. The van der Waals surface area contributed by atoms with Crippen molar-refractivity contribution in [1.82, 2.24) is 0 Å². The summed E-state index contributed by atoms with van der Waals surface area (Å²) in [4.78, 5) is 10.1. The first-order valence-electron chi connectivity index (χ1n) is 8.29. The van der Waals surface area contributed by atoms with E-state index in [1.807, 2.05) is 62.4 Å². The molecule has 3 rings (SSSR count). The van der Waals surface area contributed by atoms with Gasteiger partial charge < -0.3 is 0 Å². The summed E-state index contributed by atoms with van der Waals surface area (Å²) >= 11 is -2.80. The lowest BCUT2D eigenvalue weighted by Crippen LogP contribution is -3.85. The number of nitrogens with zero attached hydrogens (tertiary/aromatic N) is 1. The Labute approximate surface area is 171 Å². The van der Waals surface area contributed by atoms with Gasteiger partial charge in [-0.3, -0.25) is 10.1 Å². The van der Waals surface area contributed by atoms with E-state index in [4.69, 9.17) is 2.51 Å². The maximum Gasteiger partial charge on any atom is 0.336 e. The van der Waals surface area contributed by atoms with Crippen molar-refractivity contribution in [2.75, 3.05) is 0 Å². The first kappa shape index (κ1) is 20.4. The molecule has 0 spiro atoms. The Morgan fingerprint density at radius 3 is 1.82 bits per heavy atom. The summed E-state index contributed by atoms with van der Waals surface area (Å²) in [5, 5.41) is 11.0. The number of benzene rings is 3. The number of rotatable bonds is 6. The Morgan fingerprint density at radius 2 is 1.36 bits per heavy atom. The normalized spacial score (nSPS) is 11.5. The van der Waals surface area contributed by atoms with Crippen molar-refractivity contribution in [2.45, 2.75) is 18.7 Å². The van der Waals surface area contributed by atoms with Crippen molar-refractivity contribution < 1.29 is 36.1 Å². The lowest BCUT2D eigenvalue weighted by atomic mass is 10.2. The molecule has 8 heteroatoms. The van der Waals surface area contributed by atoms with Gasteiger partial charge in [0.1, 0.15) is 4.90 Å². The van der Waals surface area contributed by atoms with Crippen LogP contribution in [0.3, 0.4) is 0 Å². The third kappa shape index (κ3) is 4.75. The SMILES string of the molecule is Cc1ccc([I+](OS(=O)(=O)c2cccc([N+](=O)[O-])c2)c2ccc(C)cc2)cc1. The molecule has 3 aromatic carbocycles. The zero-order chi connectivity index (χ0) is 20.3. The lowest BCUT2D eigenvalue weighted by Gasteiger charge is -2.07. The molecule has 6 nitrogen and oxygen atoms in total. The summed E-state index contributed by atoms with van der Waals surface area (Å²) in [6.07, 6.45) is 0. The molecule has 0 bridgehead atoms. The molecule has 1 radical (unpaired) electrons. The van der Waals surface area contributed by atoms with E-state index in [9.17, 15) is 18.5 Å². The van der Waals surface area contributed by atoms with Crippen LogP contribution in [0.5, 0.6) is 0 Å². The Hall–Kier alpha value is -2.30. The van der Waals surface area contributed by atoms with Crippen molar-refractivity contribution in [3.05, 3.63) is 101 Å². The van der Waals surface area contributed by atoms with E-state index in [2.05, 4.69) is 0 Å². The Kier molecular flexibility index (Phi) is 6.11. The fraction of sp³-hybridized carbons (Fsp3) is 0.100. The van der Waals surface area contributed by atoms with Crippen LogP contribution in [0, 0.1) is 31.1 Å². The van der Waals surface area contributed by atoms with E-state index in [-0.39, 0.29) is 10.6 Å². The van der Waals surface area contributed by atoms with E-state index >= 15 is 0 Å². The molecule has 28 heavy (non-hydrogen) atoms. The average molecular weight is 511 g/mol. The molecule has 0 aromatic heterocycles. The Morgan fingerprint density at radius 1 is 0.857 bits per heavy atom. The summed E-state index contributed by atoms with van der Waals surface area (Å²) in [5.74, 6) is 0. The number of aryl methyl sites for hydroxylation is 2. The minimum atomic E-state index is -4.17. The van der Waals surface area contributed by atoms with Crippen LogP contribution in [-0.2, 0) is 12.6 Å². The van der Waals surface area contributed by atoms with E-state index in [1.165, 1.54) is 18.2 Å². The van der Waals surface area contributed by atoms with Crippen molar-refractivity contribution in [2.24, 2.45) is 0 Å². The molecule has 0 saturated heterocycles. The molecule has 3 aromatic rings. The van der Waals surface area contributed by atoms with Crippen LogP contribution >= 0.6 is 0 Å². The molecule has 0 saturated carbocycles. The second-order valence-electron chi connectivity index (χ2n) is 6.11. The number of nitro benzene ring substituents is 1. The number of hydrogen-bond donors (Lipinski definition) is 0. The highest BCUT2D eigenvalue weighted by molar-refractivity contribution is 7.86. The van der Waals surface area contributed by atoms with Gasteiger partial charge in [-0.2, -0.15) is 8.42 Å². The van der Waals surface area contributed by atoms with Gasteiger partial charge in [0.25, 0.3) is 5.69 Å². The van der Waals surface area contributed by atoms with Crippen molar-refractivity contribution >= 4 is 15.8 Å². The molecular formula is C20H18INO5S+. The predicted octanol–water partition coefficient (Wildman–Crippen LogP) is 1.20. The second-order valence-corrected chi connectivity index (χ2v) is 12.6. The first-order chi connectivity index (χ1) is 13.3. The summed E-state index contributed by atoms with van der Waals surface area (Å²) in [7, 11) is -4.17. The molecule has 0 aliphatic rings. The molecule has 0 fully saturated rings. The first-order valence-corrected chi connectivity index (χ1v) is 12.7. The number of halogens is 1. The van der Waals surface area contributed by atoms with Crippen molar-refractivity contribution in [3.63, 3.8) is 0 Å². The largest absolute Gasteiger partial charge is 0.336 e. The highest BCUT2D eigenvalue weighted by Gasteiger charge is 2.38. The standard InChI is InChI=1S/C20H18INO5S/c1-15-6-10-17(11-7-15)21(18-12-8-16(2)9-13-18)27-28(25,26)20-5-3-4-19(14-20)22(23)24/h3-14H,1-2H3/q+1. The average Bonchev–Trinajstić information content (AvgIpc) is 2.68. The topological polar surface area (TPSA) is 86.5 Å². The molecule has 0 heterocycles. The number of hydrogen-bond acceptors (Lipinski definition) is 5. The maximum atomic E-state index is 12.9. The molecule has 0 unspecified atom stereocenters. The van der Waals surface area contributed by atoms with Gasteiger partial charge in [0, 0.05) is 12.1 Å². The van der Waals surface area contributed by atoms with E-state index in [0.717, 1.165) is 24.3 Å². The van der Waals surface area contributed by atoms with Crippen LogP contribution in [0.1, 0.15) is 11.1 Å². The zero-order valence-electron chi connectivity index (χ0n) is 15.2. The third-order valence-electron chi connectivity index (χ3n) is 3.88. The van der Waals surface area contributed by atoms with Gasteiger partial charge in [-0.15, -0.1) is 0 Å². The Balaban J connectivity index is 2.03. The summed E-state index contributed by atoms with van der Waals surface area (Å²) < 4.78 is 33.2. The number of non-ortho nitro benzene ring substituents is 1. The van der Waals surface area contributed by atoms with Crippen LogP contribution < -0.4 is 20.2 Å². The van der Waals surface area contributed by atoms with Crippen molar-refractivity contribution in [3.8, 4) is 0 Å². The molecule has 0 aliphatic heterocycles. The zero-order valence-corrected chi connectivity index (χ0v) is 18.2. The third-order valence-corrected chi connectivity index (χ3v) is 11.2. The van der Waals surface area contributed by atoms with Crippen LogP contribution in [-0.4, -0.2) is 13.3 Å². The van der Waals surface area contributed by atoms with Gasteiger partial charge >= 0.3 is 30.4 Å². The monoisotopic (exact) mass is 511 g/mol. The maximum absolute atomic E-state index is 12.9. The summed E-state index contributed by atoms with van der Waals surface area (Å²) in [5.41, 5.74) is 1.82. The van der Waals surface area contributed by atoms with Gasteiger partial charge in [-0.05, 0) is 46.7 Å². The summed E-state index contributed by atoms with van der Waals surface area (Å²) in [6, 6.07) is 20.1. The van der Waals surface area contributed by atoms with Crippen LogP contribution in [0.15, 0.2) is 77.7 Å². The number of nitro groups is 1. The Bertz CT molecular complexity index is 1050. The van der Waals surface area contributed by atoms with Crippen molar-refractivity contribution in [1.29, 1.82) is 0 Å². The second kappa shape index (κ2) is 8.38. The van der Waals surface area contributed by atoms with Gasteiger partial charge in [0.05, 0.1) is 4.92 Å². The lowest BCUT2D eigenvalue weighted by molar-refractivity contribution is -1.03. The van der Waals surface area contributed by atoms with E-state index < -0.39 is 35.3 Å². The molecule has 145 valence electrons. The van der Waals surface area contributed by atoms with Gasteiger partial charge in [-0.1, -0.05) is 41.5 Å². The highest BCUT2D eigenvalue weighted by atomic mass is 127. The minimum Gasteiger partial charge on any atom is -0.258 e. The highest BCUT2D eigenvalue weighted by Crippen LogP contribution is 2.17. The van der Waals surface area contributed by atoms with Gasteiger partial charge in [0.2, 0.25) is 0 Å². The molecular weight excluding hydrogens is 493 g/mol. The quantitative estimate of drug-likeness (QED) is 0.282. The molecule has 0 aliphatic carbocycles. The fourth-order valence-electron chi connectivity index (χ4n) is 2.37. The minimum absolute atomic E-state index is 0.219. The molecule has 0 atom stereocenters. The van der Waals surface area contributed by atoms with E-state index in [0.29, 0.717) is 0 Å². The summed E-state index contributed by atoms with van der Waals surface area (Å²) in [6.45, 7) is 3.91. The fourth-order valence-corrected chi connectivity index (χ4v) is 9.29. The van der Waals surface area contributed by atoms with Crippen LogP contribution in [0.4, 0.5) is 5.69 Å². The molecule has 0 amide bonds. The van der Waals surface area contributed by atoms with Gasteiger partial charge in [-0.25, -0.2) is 0 Å². The van der Waals surface area contributed by atoms with Crippen LogP contribution in [0.2, 0.25) is 0 Å². The van der Waals surface area contributed by atoms with Crippen LogP contribution in [0.25, 0.3) is 0 Å². The predicted molar refractivity (Wildman–Crippen MR) is 101 cm³/mol. The van der Waals surface area contributed by atoms with Gasteiger partial charge in [0.15, 0.2) is 7.14 Å². The van der Waals surface area contributed by atoms with E-state index in [1.54, 1.807) is 0 Å². The smallest absolute Gasteiger partial charge is 0.258 e.